The van der Waals surface area contributed by atoms with Crippen LogP contribution in [-0.2, 0) is 14.8 Å². The van der Waals surface area contributed by atoms with Crippen LogP contribution < -0.4 is 4.72 Å². The minimum Gasteiger partial charge on any atom is -0.480 e. The SMILES string of the molecule is C[C@H](NS(=O)(=O)c1cc(Br)sc1Br)C(=O)O. The monoisotopic (exact) mass is 391 g/mol. The number of nitrogens with one attached hydrogen (secondary N) is 1. The van der Waals surface area contributed by atoms with Gasteiger partial charge < -0.3 is 5.11 Å². The molecule has 0 aliphatic heterocycles. The fraction of sp³-hybridized carbons (Fsp3) is 0.286. The lowest BCUT2D eigenvalue weighted by atomic mass is 10.4. The van der Waals surface area contributed by atoms with Gasteiger partial charge in [-0.15, -0.1) is 11.3 Å². The van der Waals surface area contributed by atoms with Gasteiger partial charge in [-0.3, -0.25) is 4.79 Å². The zero-order valence-electron chi connectivity index (χ0n) is 7.90. The van der Waals surface area contributed by atoms with Crippen molar-refractivity contribution in [3.05, 3.63) is 13.6 Å². The Hall–Kier alpha value is 0.0400. The van der Waals surface area contributed by atoms with Crippen LogP contribution in [0.5, 0.6) is 0 Å². The van der Waals surface area contributed by atoms with Crippen LogP contribution in [0, 0.1) is 0 Å². The molecule has 0 radical (unpaired) electrons. The quantitative estimate of drug-likeness (QED) is 0.820. The van der Waals surface area contributed by atoms with Gasteiger partial charge >= 0.3 is 5.97 Å². The van der Waals surface area contributed by atoms with Crippen molar-refractivity contribution in [2.45, 2.75) is 17.9 Å². The minimum atomic E-state index is -3.81. The van der Waals surface area contributed by atoms with Gasteiger partial charge in [0.15, 0.2) is 0 Å². The lowest BCUT2D eigenvalue weighted by Gasteiger charge is -2.08. The smallest absolute Gasteiger partial charge is 0.321 e. The van der Waals surface area contributed by atoms with Crippen LogP contribution in [0.3, 0.4) is 0 Å². The number of carbonyl (C=O) groups is 1. The molecule has 0 amide bonds. The molecule has 0 aliphatic carbocycles. The molecule has 0 spiro atoms. The third kappa shape index (κ3) is 3.27. The number of sulfonamides is 1. The number of hydrogen-bond acceptors (Lipinski definition) is 4. The summed E-state index contributed by atoms with van der Waals surface area (Å²) in [6.07, 6.45) is 0. The van der Waals surface area contributed by atoms with E-state index in [-0.39, 0.29) is 4.90 Å². The van der Waals surface area contributed by atoms with Crippen molar-refractivity contribution in [1.82, 2.24) is 4.72 Å². The molecule has 0 aromatic carbocycles. The highest BCUT2D eigenvalue weighted by atomic mass is 79.9. The first-order valence-corrected chi connectivity index (χ1v) is 7.82. The summed E-state index contributed by atoms with van der Waals surface area (Å²) < 4.78 is 26.6. The minimum absolute atomic E-state index is 0.0254. The molecule has 1 rings (SSSR count). The molecule has 0 saturated heterocycles. The largest absolute Gasteiger partial charge is 0.480 e. The highest BCUT2D eigenvalue weighted by molar-refractivity contribution is 9.12. The van der Waals surface area contributed by atoms with Crippen molar-refractivity contribution in [1.29, 1.82) is 0 Å². The average Bonchev–Trinajstić information content (AvgIpc) is 2.45. The molecule has 2 N–H and O–H groups in total. The molecule has 1 aromatic heterocycles. The Bertz CT molecular complexity index is 510. The molecule has 16 heavy (non-hydrogen) atoms. The molecular formula is C7H7Br2NO4S2. The molecule has 90 valence electrons. The maximum absolute atomic E-state index is 11.8. The highest BCUT2D eigenvalue weighted by Gasteiger charge is 2.25. The number of halogens is 2. The van der Waals surface area contributed by atoms with E-state index in [9.17, 15) is 13.2 Å². The summed E-state index contributed by atoms with van der Waals surface area (Å²) in [7, 11) is -3.81. The Balaban J connectivity index is 3.03. The van der Waals surface area contributed by atoms with Gasteiger partial charge in [0.25, 0.3) is 0 Å². The van der Waals surface area contributed by atoms with E-state index in [1.807, 2.05) is 0 Å². The Kier molecular flexibility index (Phi) is 4.52. The van der Waals surface area contributed by atoms with Crippen LogP contribution in [0.4, 0.5) is 0 Å². The lowest BCUT2D eigenvalue weighted by Crippen LogP contribution is -2.38. The van der Waals surface area contributed by atoms with Gasteiger partial charge in [0.2, 0.25) is 10.0 Å². The molecule has 0 saturated carbocycles. The van der Waals surface area contributed by atoms with Crippen molar-refractivity contribution in [2.75, 3.05) is 0 Å². The summed E-state index contributed by atoms with van der Waals surface area (Å²) >= 11 is 7.45. The maximum Gasteiger partial charge on any atom is 0.321 e. The van der Waals surface area contributed by atoms with Gasteiger partial charge in [-0.05, 0) is 44.8 Å². The summed E-state index contributed by atoms with van der Waals surface area (Å²) in [6, 6.07) is 0.238. The predicted molar refractivity (Wildman–Crippen MR) is 67.1 cm³/mol. The zero-order chi connectivity index (χ0) is 12.5. The van der Waals surface area contributed by atoms with E-state index in [0.717, 1.165) is 0 Å². The molecule has 9 heteroatoms. The summed E-state index contributed by atoms with van der Waals surface area (Å²) in [4.78, 5) is 10.6. The van der Waals surface area contributed by atoms with Crippen molar-refractivity contribution < 1.29 is 18.3 Å². The Morgan fingerprint density at radius 1 is 1.56 bits per heavy atom. The van der Waals surface area contributed by atoms with Gasteiger partial charge in [-0.1, -0.05) is 0 Å². The molecule has 1 aromatic rings. The number of carboxylic acids is 1. The van der Waals surface area contributed by atoms with Crippen molar-refractivity contribution >= 4 is 59.2 Å². The Morgan fingerprint density at radius 3 is 2.50 bits per heavy atom. The second kappa shape index (κ2) is 5.13. The summed E-state index contributed by atoms with van der Waals surface area (Å²) in [5.74, 6) is -1.23. The molecule has 0 fully saturated rings. The van der Waals surface area contributed by atoms with Gasteiger partial charge in [-0.25, -0.2) is 8.42 Å². The zero-order valence-corrected chi connectivity index (χ0v) is 12.7. The first kappa shape index (κ1) is 14.1. The third-order valence-electron chi connectivity index (χ3n) is 1.62. The Morgan fingerprint density at radius 2 is 2.12 bits per heavy atom. The van der Waals surface area contributed by atoms with Crippen LogP contribution in [0.1, 0.15) is 6.92 Å². The molecular weight excluding hydrogens is 386 g/mol. The number of carboxylic acid groups (broad SMARTS) is 1. The first-order chi connectivity index (χ1) is 7.24. The standard InChI is InChI=1S/C7H7Br2NO4S2/c1-3(7(11)12)10-16(13,14)4-2-5(8)15-6(4)9/h2-3,10H,1H3,(H,11,12)/t3-/m0/s1. The third-order valence-corrected chi connectivity index (χ3v) is 5.91. The average molecular weight is 393 g/mol. The van der Waals surface area contributed by atoms with Crippen molar-refractivity contribution in [3.63, 3.8) is 0 Å². The number of thiophene rings is 1. The fourth-order valence-electron chi connectivity index (χ4n) is 0.855. The molecule has 1 atom stereocenters. The molecule has 0 unspecified atom stereocenters. The van der Waals surface area contributed by atoms with Crippen molar-refractivity contribution in [3.8, 4) is 0 Å². The predicted octanol–water partition coefficient (Wildman–Crippen LogP) is 2.02. The normalized spacial score (nSPS) is 13.7. The summed E-state index contributed by atoms with van der Waals surface area (Å²) in [6.45, 7) is 1.26. The van der Waals surface area contributed by atoms with E-state index in [2.05, 4.69) is 36.6 Å². The van der Waals surface area contributed by atoms with E-state index in [4.69, 9.17) is 5.11 Å². The van der Waals surface area contributed by atoms with Gasteiger partial charge in [0.1, 0.15) is 10.9 Å². The fourth-order valence-corrected chi connectivity index (χ4v) is 5.86. The molecule has 5 nitrogen and oxygen atoms in total. The first-order valence-electron chi connectivity index (χ1n) is 3.94. The van der Waals surface area contributed by atoms with E-state index in [0.29, 0.717) is 7.57 Å². The number of rotatable bonds is 4. The number of hydrogen-bond donors (Lipinski definition) is 2. The molecule has 0 bridgehead atoms. The highest BCUT2D eigenvalue weighted by Crippen LogP contribution is 2.34. The maximum atomic E-state index is 11.8. The van der Waals surface area contributed by atoms with Crippen LogP contribution in [0.2, 0.25) is 0 Å². The van der Waals surface area contributed by atoms with Crippen LogP contribution in [0.15, 0.2) is 18.5 Å². The van der Waals surface area contributed by atoms with Crippen LogP contribution >= 0.6 is 43.2 Å². The van der Waals surface area contributed by atoms with Crippen LogP contribution in [0.25, 0.3) is 0 Å². The van der Waals surface area contributed by atoms with E-state index in [1.165, 1.54) is 24.3 Å². The summed E-state index contributed by atoms with van der Waals surface area (Å²) in [5.41, 5.74) is 0. The van der Waals surface area contributed by atoms with Crippen LogP contribution in [-0.4, -0.2) is 25.5 Å². The second-order valence-electron chi connectivity index (χ2n) is 2.87. The van der Waals surface area contributed by atoms with Crippen molar-refractivity contribution in [2.24, 2.45) is 0 Å². The molecule has 1 heterocycles. The van der Waals surface area contributed by atoms with Gasteiger partial charge in [0, 0.05) is 0 Å². The van der Waals surface area contributed by atoms with E-state index < -0.39 is 22.0 Å². The lowest BCUT2D eigenvalue weighted by molar-refractivity contribution is -0.138. The topological polar surface area (TPSA) is 83.5 Å². The van der Waals surface area contributed by atoms with E-state index >= 15 is 0 Å². The Labute approximate surface area is 113 Å². The molecule has 0 aliphatic rings. The number of aliphatic carboxylic acids is 1. The van der Waals surface area contributed by atoms with Gasteiger partial charge in [-0.2, -0.15) is 4.72 Å². The van der Waals surface area contributed by atoms with Gasteiger partial charge in [0.05, 0.1) is 7.57 Å². The second-order valence-corrected chi connectivity index (χ2v) is 8.30. The summed E-state index contributed by atoms with van der Waals surface area (Å²) in [5, 5.41) is 8.62. The van der Waals surface area contributed by atoms with E-state index in [1.54, 1.807) is 0 Å².